The molecule has 0 aliphatic carbocycles. The van der Waals surface area contributed by atoms with Crippen molar-refractivity contribution in [2.75, 3.05) is 91.8 Å². The second kappa shape index (κ2) is 17.3. The Morgan fingerprint density at radius 1 is 0.880 bits per heavy atom. The maximum absolute atomic E-state index is 13.2. The summed E-state index contributed by atoms with van der Waals surface area (Å²) in [6.45, 7) is 18.6. The lowest BCUT2D eigenvalue weighted by Gasteiger charge is -2.39. The minimum absolute atomic E-state index is 0.191. The molecule has 4 aliphatic heterocycles. The van der Waals surface area contributed by atoms with Gasteiger partial charge in [-0.15, -0.1) is 0 Å². The molecule has 274 valence electrons. The summed E-state index contributed by atoms with van der Waals surface area (Å²) in [5, 5.41) is 0. The molecule has 12 heteroatoms. The molecule has 0 N–H and O–H groups in total. The van der Waals surface area contributed by atoms with Crippen LogP contribution in [0, 0.1) is 5.92 Å². The number of ether oxygens (including phenoxy) is 3. The van der Waals surface area contributed by atoms with Crippen molar-refractivity contribution in [1.82, 2.24) is 34.5 Å². The summed E-state index contributed by atoms with van der Waals surface area (Å²) >= 11 is 0. The Morgan fingerprint density at radius 2 is 1.70 bits per heavy atom. The van der Waals surface area contributed by atoms with E-state index in [-0.39, 0.29) is 12.0 Å². The molecule has 5 heterocycles. The summed E-state index contributed by atoms with van der Waals surface area (Å²) in [5.74, 6) is 2.08. The Kier molecular flexibility index (Phi) is 12.6. The van der Waals surface area contributed by atoms with Crippen molar-refractivity contribution in [1.29, 1.82) is 0 Å². The Hall–Kier alpha value is -3.32. The summed E-state index contributed by atoms with van der Waals surface area (Å²) in [6, 6.07) is 8.36. The van der Waals surface area contributed by atoms with E-state index in [9.17, 15) is 9.59 Å². The van der Waals surface area contributed by atoms with Gasteiger partial charge in [-0.2, -0.15) is 0 Å². The lowest BCUT2D eigenvalue weighted by Crippen LogP contribution is -2.51. The number of piperidine rings is 2. The first-order chi connectivity index (χ1) is 24.2. The Bertz CT molecular complexity index is 1380. The maximum atomic E-state index is 13.2. The van der Waals surface area contributed by atoms with Crippen LogP contribution in [0.4, 0.5) is 4.79 Å². The summed E-state index contributed by atoms with van der Waals surface area (Å²) in [5.41, 5.74) is 2.94. The average Bonchev–Trinajstić information content (AvgIpc) is 3.52. The smallest absolute Gasteiger partial charge is 0.410 e. The van der Waals surface area contributed by atoms with Crippen molar-refractivity contribution in [3.8, 4) is 5.75 Å². The molecule has 12 nitrogen and oxygen atoms in total. The van der Waals surface area contributed by atoms with E-state index in [2.05, 4.69) is 42.9 Å². The monoisotopic (exact) mass is 691 g/mol. The molecule has 0 saturated carbocycles. The van der Waals surface area contributed by atoms with Gasteiger partial charge in [-0.05, 0) is 83.2 Å². The molecule has 4 aliphatic rings. The molecule has 0 spiro atoms. The van der Waals surface area contributed by atoms with Crippen LogP contribution in [0.15, 0.2) is 36.8 Å². The minimum Gasteiger partial charge on any atom is -0.491 e. The van der Waals surface area contributed by atoms with E-state index in [1.165, 1.54) is 18.4 Å². The summed E-state index contributed by atoms with van der Waals surface area (Å²) in [4.78, 5) is 45.1. The number of piperazine rings is 1. The zero-order valence-electron chi connectivity index (χ0n) is 30.4. The zero-order valence-corrected chi connectivity index (χ0v) is 30.4. The first kappa shape index (κ1) is 36.5. The second-order valence-corrected chi connectivity index (χ2v) is 15.4. The van der Waals surface area contributed by atoms with Crippen LogP contribution in [0.5, 0.6) is 5.75 Å². The first-order valence-corrected chi connectivity index (χ1v) is 18.7. The number of nitrogens with zero attached hydrogens (tertiary/aromatic N) is 7. The topological polar surface area (TPSA) is 104 Å². The molecule has 0 radical (unpaired) electrons. The van der Waals surface area contributed by atoms with E-state index >= 15 is 0 Å². The third kappa shape index (κ3) is 10.6. The van der Waals surface area contributed by atoms with E-state index in [1.54, 1.807) is 6.33 Å². The normalized spacial score (nSPS) is 21.3. The highest BCUT2D eigenvalue weighted by molar-refractivity contribution is 5.78. The third-order valence-electron chi connectivity index (χ3n) is 10.4. The molecule has 0 unspecified atom stereocenters. The number of aromatic nitrogens is 2. The highest BCUT2D eigenvalue weighted by Crippen LogP contribution is 2.30. The SMILES string of the molecule is CC(C)(C)OC(=O)N1CCN(CC2CCN(CCOCCOc3cccc([C@@H]4CCCN(C(=O)CN5Cc6cncnc6C5)C4)c3)CC2)CC1. The number of hydrogen-bond donors (Lipinski definition) is 0. The first-order valence-electron chi connectivity index (χ1n) is 18.7. The van der Waals surface area contributed by atoms with Gasteiger partial charge in [0, 0.05) is 83.1 Å². The minimum atomic E-state index is -0.447. The summed E-state index contributed by atoms with van der Waals surface area (Å²) < 4.78 is 17.6. The molecule has 2 amide bonds. The molecule has 2 aromatic rings. The van der Waals surface area contributed by atoms with E-state index in [1.807, 2.05) is 42.8 Å². The van der Waals surface area contributed by atoms with Gasteiger partial charge in [-0.25, -0.2) is 14.8 Å². The van der Waals surface area contributed by atoms with Crippen molar-refractivity contribution in [3.63, 3.8) is 0 Å². The van der Waals surface area contributed by atoms with Gasteiger partial charge in [0.2, 0.25) is 5.91 Å². The molecule has 1 aromatic heterocycles. The molecule has 3 saturated heterocycles. The van der Waals surface area contributed by atoms with Crippen LogP contribution in [0.25, 0.3) is 0 Å². The predicted octanol–water partition coefficient (Wildman–Crippen LogP) is 3.86. The van der Waals surface area contributed by atoms with E-state index in [4.69, 9.17) is 14.2 Å². The van der Waals surface area contributed by atoms with Gasteiger partial charge < -0.3 is 28.9 Å². The van der Waals surface area contributed by atoms with E-state index < -0.39 is 5.60 Å². The van der Waals surface area contributed by atoms with Crippen LogP contribution in [-0.2, 0) is 27.4 Å². The summed E-state index contributed by atoms with van der Waals surface area (Å²) in [6.07, 6.45) is 7.75. The fourth-order valence-corrected chi connectivity index (χ4v) is 7.62. The van der Waals surface area contributed by atoms with Crippen molar-refractivity contribution >= 4 is 12.0 Å². The number of amides is 2. The molecule has 0 bridgehead atoms. The third-order valence-corrected chi connectivity index (χ3v) is 10.4. The molecule has 3 fully saturated rings. The van der Waals surface area contributed by atoms with Crippen molar-refractivity contribution in [2.45, 2.75) is 71.1 Å². The van der Waals surface area contributed by atoms with E-state index in [0.29, 0.717) is 44.7 Å². The van der Waals surface area contributed by atoms with Crippen molar-refractivity contribution < 1.29 is 23.8 Å². The quantitative estimate of drug-likeness (QED) is 0.305. The van der Waals surface area contributed by atoms with Crippen LogP contribution < -0.4 is 4.74 Å². The Labute approximate surface area is 298 Å². The number of carbonyl (C=O) groups is 2. The largest absolute Gasteiger partial charge is 0.491 e. The van der Waals surface area contributed by atoms with Crippen LogP contribution in [0.3, 0.4) is 0 Å². The lowest BCUT2D eigenvalue weighted by atomic mass is 9.90. The molecule has 50 heavy (non-hydrogen) atoms. The van der Waals surface area contributed by atoms with Crippen LogP contribution in [0.1, 0.15) is 69.2 Å². The van der Waals surface area contributed by atoms with Gasteiger partial charge >= 0.3 is 6.09 Å². The number of carbonyl (C=O) groups excluding carboxylic acids is 2. The zero-order chi connectivity index (χ0) is 34.9. The van der Waals surface area contributed by atoms with Gasteiger partial charge in [0.25, 0.3) is 0 Å². The Balaban J connectivity index is 0.821. The van der Waals surface area contributed by atoms with E-state index in [0.717, 1.165) is 102 Å². The molecular weight excluding hydrogens is 634 g/mol. The van der Waals surface area contributed by atoms with Crippen LogP contribution in [0.2, 0.25) is 0 Å². The highest BCUT2D eigenvalue weighted by Gasteiger charge is 2.30. The van der Waals surface area contributed by atoms with Gasteiger partial charge in [0.05, 0.1) is 25.5 Å². The molecule has 6 rings (SSSR count). The fraction of sp³-hybridized carbons (Fsp3) is 0.684. The van der Waals surface area contributed by atoms with Gasteiger partial charge in [0.15, 0.2) is 0 Å². The van der Waals surface area contributed by atoms with Crippen molar-refractivity contribution in [3.05, 3.63) is 53.6 Å². The molecule has 1 aromatic carbocycles. The second-order valence-electron chi connectivity index (χ2n) is 15.4. The fourth-order valence-electron chi connectivity index (χ4n) is 7.62. The average molecular weight is 692 g/mol. The number of benzene rings is 1. The van der Waals surface area contributed by atoms with Gasteiger partial charge in [-0.1, -0.05) is 12.1 Å². The van der Waals surface area contributed by atoms with Gasteiger partial charge in [-0.3, -0.25) is 14.6 Å². The number of hydrogen-bond acceptors (Lipinski definition) is 10. The molecule has 1 atom stereocenters. The predicted molar refractivity (Wildman–Crippen MR) is 191 cm³/mol. The maximum Gasteiger partial charge on any atom is 0.410 e. The molecular formula is C38H57N7O5. The Morgan fingerprint density at radius 3 is 2.48 bits per heavy atom. The van der Waals surface area contributed by atoms with Crippen LogP contribution in [-0.4, -0.2) is 144 Å². The van der Waals surface area contributed by atoms with Gasteiger partial charge in [0.1, 0.15) is 24.3 Å². The standard InChI is InChI=1S/C38H57N7O5/c1-38(2,3)50-37(47)44-16-14-42(15-17-44)24-30-9-12-41(13-10-30)18-19-48-20-21-49-34-8-4-6-31(22-34)32-7-5-11-45(26-32)36(46)28-43-25-33-23-39-29-40-35(33)27-43/h4,6,8,22-23,29-30,32H,5,7,9-21,24-28H2,1-3H3/t32-/m1/s1. The number of likely N-dealkylation sites (tertiary alicyclic amines) is 2. The lowest BCUT2D eigenvalue weighted by molar-refractivity contribution is -0.133. The summed E-state index contributed by atoms with van der Waals surface area (Å²) in [7, 11) is 0. The number of fused-ring (bicyclic) bond motifs is 1. The van der Waals surface area contributed by atoms with Crippen molar-refractivity contribution in [2.24, 2.45) is 5.92 Å². The number of rotatable bonds is 12. The van der Waals surface area contributed by atoms with Crippen LogP contribution >= 0.6 is 0 Å². The highest BCUT2D eigenvalue weighted by atomic mass is 16.6.